The molecule has 0 bridgehead atoms. The van der Waals surface area contributed by atoms with Crippen molar-refractivity contribution in [2.24, 2.45) is 52.3 Å². The Labute approximate surface area is 188 Å². The summed E-state index contributed by atoms with van der Waals surface area (Å²) in [6.07, 6.45) is 9.70. The summed E-state index contributed by atoms with van der Waals surface area (Å²) in [6.45, 7) is 10.3. The molecule has 0 aromatic rings. The minimum atomic E-state index is -0.407. The first-order valence-corrected chi connectivity index (χ1v) is 13.4. The van der Waals surface area contributed by atoms with Crippen LogP contribution in [0.2, 0.25) is 0 Å². The molecule has 13 atom stereocenters. The molecule has 0 aromatic carbocycles. The minimum Gasteiger partial charge on any atom is -0.393 e. The van der Waals surface area contributed by atoms with Crippen LogP contribution in [0.4, 0.5) is 0 Å². The van der Waals surface area contributed by atoms with E-state index in [-0.39, 0.29) is 23.7 Å². The standard InChI is InChI=1S/C27H44O4/c1-15-7-10-27(30-14-15)16(2)24-22(31-27)12-21-19-6-5-17-11-18(28)8-9-25(17,3)20(19)13-23(29)26(21,24)4/h15-24,28-29H,5-14H2,1-4H3/t15-,16+,17+,18+,19?,20+,21+,22+,23-,24+,25+,26-,27-/m1/s1. The highest BCUT2D eigenvalue weighted by atomic mass is 16.7. The first kappa shape index (κ1) is 21.4. The molecule has 2 N–H and O–H groups in total. The molecule has 0 aromatic heterocycles. The number of rotatable bonds is 0. The Morgan fingerprint density at radius 3 is 2.42 bits per heavy atom. The van der Waals surface area contributed by atoms with Gasteiger partial charge in [0.25, 0.3) is 0 Å². The van der Waals surface area contributed by atoms with Crippen molar-refractivity contribution in [3.05, 3.63) is 0 Å². The monoisotopic (exact) mass is 432 g/mol. The molecule has 176 valence electrons. The molecule has 6 aliphatic rings. The van der Waals surface area contributed by atoms with Gasteiger partial charge in [-0.15, -0.1) is 0 Å². The smallest absolute Gasteiger partial charge is 0.171 e. The van der Waals surface area contributed by atoms with Gasteiger partial charge in [-0.25, -0.2) is 0 Å². The van der Waals surface area contributed by atoms with Crippen molar-refractivity contribution in [1.82, 2.24) is 0 Å². The third-order valence-corrected chi connectivity index (χ3v) is 12.0. The van der Waals surface area contributed by atoms with Crippen LogP contribution >= 0.6 is 0 Å². The molecule has 1 unspecified atom stereocenters. The lowest BCUT2D eigenvalue weighted by Crippen LogP contribution is -2.59. The lowest BCUT2D eigenvalue weighted by atomic mass is 9.43. The Hall–Kier alpha value is -0.160. The molecule has 2 aliphatic heterocycles. The summed E-state index contributed by atoms with van der Waals surface area (Å²) < 4.78 is 13.3. The zero-order valence-corrected chi connectivity index (χ0v) is 20.1. The number of aliphatic hydroxyl groups is 2. The van der Waals surface area contributed by atoms with Crippen molar-refractivity contribution in [2.45, 2.75) is 110 Å². The van der Waals surface area contributed by atoms with Crippen LogP contribution in [0.3, 0.4) is 0 Å². The molecule has 1 spiro atoms. The largest absolute Gasteiger partial charge is 0.393 e. The summed E-state index contributed by atoms with van der Waals surface area (Å²) in [5, 5.41) is 22.1. The fraction of sp³-hybridized carbons (Fsp3) is 1.00. The van der Waals surface area contributed by atoms with Crippen molar-refractivity contribution in [1.29, 1.82) is 0 Å². The topological polar surface area (TPSA) is 58.9 Å². The van der Waals surface area contributed by atoms with Gasteiger partial charge in [0.15, 0.2) is 5.79 Å². The second kappa shape index (κ2) is 6.93. The van der Waals surface area contributed by atoms with Gasteiger partial charge in [-0.3, -0.25) is 0 Å². The zero-order valence-electron chi connectivity index (χ0n) is 20.1. The Bertz CT molecular complexity index is 716. The van der Waals surface area contributed by atoms with Crippen molar-refractivity contribution >= 4 is 0 Å². The first-order valence-electron chi connectivity index (χ1n) is 13.4. The fourth-order valence-corrected chi connectivity index (χ4v) is 10.2. The molecule has 6 rings (SSSR count). The van der Waals surface area contributed by atoms with Gasteiger partial charge in [-0.2, -0.15) is 0 Å². The predicted octanol–water partition coefficient (Wildman–Crippen LogP) is 4.76. The highest BCUT2D eigenvalue weighted by molar-refractivity contribution is 5.17. The fourth-order valence-electron chi connectivity index (χ4n) is 10.2. The van der Waals surface area contributed by atoms with E-state index in [1.165, 1.54) is 19.3 Å². The lowest BCUT2D eigenvalue weighted by Gasteiger charge is -2.62. The Morgan fingerprint density at radius 1 is 0.871 bits per heavy atom. The van der Waals surface area contributed by atoms with Gasteiger partial charge in [0.05, 0.1) is 24.9 Å². The molecular formula is C27H44O4. The molecule has 2 heterocycles. The summed E-state index contributed by atoms with van der Waals surface area (Å²) in [4.78, 5) is 0. The van der Waals surface area contributed by atoms with Gasteiger partial charge in [0, 0.05) is 23.7 Å². The highest BCUT2D eigenvalue weighted by Gasteiger charge is 2.71. The van der Waals surface area contributed by atoms with Crippen LogP contribution in [0.5, 0.6) is 0 Å². The molecule has 2 saturated heterocycles. The van der Waals surface area contributed by atoms with E-state index >= 15 is 0 Å². The molecule has 4 saturated carbocycles. The average molecular weight is 433 g/mol. The summed E-state index contributed by atoms with van der Waals surface area (Å²) in [5.74, 6) is 3.46. The van der Waals surface area contributed by atoms with Crippen LogP contribution in [0.15, 0.2) is 0 Å². The Kier molecular flexibility index (Phi) is 4.78. The number of fused-ring (bicyclic) bond motifs is 7. The second-order valence-electron chi connectivity index (χ2n) is 13.2. The molecule has 0 amide bonds. The summed E-state index contributed by atoms with van der Waals surface area (Å²) in [6, 6.07) is 0. The molecule has 4 nitrogen and oxygen atoms in total. The van der Waals surface area contributed by atoms with Crippen LogP contribution in [0, 0.1) is 52.3 Å². The normalized spacial score (nSPS) is 63.3. The van der Waals surface area contributed by atoms with Gasteiger partial charge in [-0.05, 0) is 86.4 Å². The lowest BCUT2D eigenvalue weighted by molar-refractivity contribution is -0.274. The second-order valence-corrected chi connectivity index (χ2v) is 13.2. The van der Waals surface area contributed by atoms with E-state index in [0.29, 0.717) is 46.8 Å². The van der Waals surface area contributed by atoms with Gasteiger partial charge in [0.1, 0.15) is 0 Å². The van der Waals surface area contributed by atoms with Crippen molar-refractivity contribution in [2.75, 3.05) is 6.61 Å². The van der Waals surface area contributed by atoms with Crippen LogP contribution < -0.4 is 0 Å². The molecule has 31 heavy (non-hydrogen) atoms. The highest BCUT2D eigenvalue weighted by Crippen LogP contribution is 2.71. The average Bonchev–Trinajstić information content (AvgIpc) is 3.18. The van der Waals surface area contributed by atoms with E-state index < -0.39 is 5.79 Å². The third kappa shape index (κ3) is 2.74. The molecular weight excluding hydrogens is 388 g/mol. The SMILES string of the molecule is C[C@@H]1CC[C@@]2(OC1)O[C@H]1C[C@H]3C4CC[C@H]5C[C@@H](O)CC[C@]5(C)[C@H]4C[C@@H](O)[C@]3(C)[C@H]1[C@@H]2C. The van der Waals surface area contributed by atoms with Gasteiger partial charge >= 0.3 is 0 Å². The van der Waals surface area contributed by atoms with Crippen LogP contribution in [-0.4, -0.2) is 40.9 Å². The number of ether oxygens (including phenoxy) is 2. The third-order valence-electron chi connectivity index (χ3n) is 12.0. The Morgan fingerprint density at radius 2 is 1.68 bits per heavy atom. The van der Waals surface area contributed by atoms with Crippen LogP contribution in [0.25, 0.3) is 0 Å². The predicted molar refractivity (Wildman–Crippen MR) is 119 cm³/mol. The zero-order chi connectivity index (χ0) is 21.8. The number of hydrogen-bond acceptors (Lipinski definition) is 4. The molecule has 4 heteroatoms. The summed E-state index contributed by atoms with van der Waals surface area (Å²) in [7, 11) is 0. The van der Waals surface area contributed by atoms with Gasteiger partial charge in [-0.1, -0.05) is 27.7 Å². The van der Waals surface area contributed by atoms with Crippen LogP contribution in [-0.2, 0) is 9.47 Å². The molecule has 4 aliphatic carbocycles. The van der Waals surface area contributed by atoms with E-state index in [9.17, 15) is 10.2 Å². The van der Waals surface area contributed by atoms with Gasteiger partial charge < -0.3 is 19.7 Å². The van der Waals surface area contributed by atoms with E-state index in [2.05, 4.69) is 27.7 Å². The molecule has 6 fully saturated rings. The van der Waals surface area contributed by atoms with E-state index in [1.54, 1.807) is 0 Å². The maximum absolute atomic E-state index is 11.8. The van der Waals surface area contributed by atoms with Crippen molar-refractivity contribution in [3.8, 4) is 0 Å². The quantitative estimate of drug-likeness (QED) is 0.579. The van der Waals surface area contributed by atoms with E-state index in [4.69, 9.17) is 9.47 Å². The molecule has 0 radical (unpaired) electrons. The Balaban J connectivity index is 1.29. The van der Waals surface area contributed by atoms with E-state index in [0.717, 1.165) is 45.1 Å². The maximum atomic E-state index is 11.8. The number of hydrogen-bond donors (Lipinski definition) is 2. The summed E-state index contributed by atoms with van der Waals surface area (Å²) >= 11 is 0. The first-order chi connectivity index (χ1) is 14.7. The van der Waals surface area contributed by atoms with Crippen molar-refractivity contribution < 1.29 is 19.7 Å². The number of aliphatic hydroxyl groups excluding tert-OH is 2. The van der Waals surface area contributed by atoms with Gasteiger partial charge in [0.2, 0.25) is 0 Å². The van der Waals surface area contributed by atoms with E-state index in [1.807, 2.05) is 0 Å². The van der Waals surface area contributed by atoms with Crippen molar-refractivity contribution in [3.63, 3.8) is 0 Å². The minimum absolute atomic E-state index is 0.0570. The maximum Gasteiger partial charge on any atom is 0.171 e. The summed E-state index contributed by atoms with van der Waals surface area (Å²) in [5.41, 5.74) is 0.233. The van der Waals surface area contributed by atoms with Crippen LogP contribution in [0.1, 0.15) is 85.5 Å².